The molecule has 0 spiro atoms. The average molecular weight is 493 g/mol. The Morgan fingerprint density at radius 1 is 1.12 bits per heavy atom. The van der Waals surface area contributed by atoms with Gasteiger partial charge in [-0.1, -0.05) is 0 Å². The smallest absolute Gasteiger partial charge is 0.474 e. The summed E-state index contributed by atoms with van der Waals surface area (Å²) in [5.41, 5.74) is 0.461. The minimum absolute atomic E-state index is 0.152. The summed E-state index contributed by atoms with van der Waals surface area (Å²) >= 11 is 0. The Labute approximate surface area is 198 Å². The molecular formula is C22H28N4O7S. The number of aromatic nitrogens is 2. The van der Waals surface area contributed by atoms with E-state index in [9.17, 15) is 18.0 Å². The normalized spacial score (nSPS) is 15.1. The molecule has 12 heteroatoms. The second-order valence-electron chi connectivity index (χ2n) is 8.09. The number of benzene rings is 1. The quantitative estimate of drug-likeness (QED) is 0.532. The number of rotatable bonds is 7. The van der Waals surface area contributed by atoms with Gasteiger partial charge in [0.1, 0.15) is 18.2 Å². The van der Waals surface area contributed by atoms with Crippen molar-refractivity contribution in [3.63, 3.8) is 0 Å². The second-order valence-corrected chi connectivity index (χ2v) is 10.1. The van der Waals surface area contributed by atoms with Gasteiger partial charge in [0.05, 0.1) is 16.7 Å². The first-order valence-corrected chi connectivity index (χ1v) is 12.6. The summed E-state index contributed by atoms with van der Waals surface area (Å²) in [6.45, 7) is 5.82. The monoisotopic (exact) mass is 492 g/mol. The van der Waals surface area contributed by atoms with E-state index in [-0.39, 0.29) is 23.0 Å². The highest BCUT2D eigenvalue weighted by Gasteiger charge is 2.25. The highest BCUT2D eigenvalue weighted by molar-refractivity contribution is 7.90. The number of carbonyl (C=O) groups excluding carboxylic acids is 2. The van der Waals surface area contributed by atoms with Gasteiger partial charge in [-0.3, -0.25) is 9.69 Å². The lowest BCUT2D eigenvalue weighted by molar-refractivity contribution is -0.151. The third-order valence-corrected chi connectivity index (χ3v) is 6.05. The number of hydrogen-bond acceptors (Lipinski definition) is 10. The van der Waals surface area contributed by atoms with Crippen molar-refractivity contribution < 1.29 is 32.3 Å². The number of hydrogen-bond donors (Lipinski definition) is 0. The molecule has 11 nitrogen and oxygen atoms in total. The van der Waals surface area contributed by atoms with Crippen LogP contribution in [0.25, 0.3) is 0 Å². The van der Waals surface area contributed by atoms with Crippen molar-refractivity contribution in [2.75, 3.05) is 24.2 Å². The van der Waals surface area contributed by atoms with Gasteiger partial charge in [0.15, 0.2) is 9.84 Å². The lowest BCUT2D eigenvalue weighted by atomic mass is 10.1. The molecular weight excluding hydrogens is 464 g/mol. The third kappa shape index (κ3) is 6.87. The van der Waals surface area contributed by atoms with E-state index in [1.54, 1.807) is 32.0 Å². The van der Waals surface area contributed by atoms with Gasteiger partial charge in [-0.05, 0) is 38.1 Å². The molecule has 2 heterocycles. The summed E-state index contributed by atoms with van der Waals surface area (Å²) in [4.78, 5) is 39.0. The Bertz CT molecular complexity index is 1110. The molecule has 1 aliphatic rings. The van der Waals surface area contributed by atoms with E-state index in [0.29, 0.717) is 43.3 Å². The van der Waals surface area contributed by atoms with Gasteiger partial charge in [-0.2, -0.15) is 0 Å². The lowest BCUT2D eigenvalue weighted by Gasteiger charge is -2.30. The predicted molar refractivity (Wildman–Crippen MR) is 122 cm³/mol. The summed E-state index contributed by atoms with van der Waals surface area (Å²) in [6.07, 6.45) is 2.45. The minimum Gasteiger partial charge on any atom is -0.474 e. The number of ether oxygens (including phenoxy) is 2. The molecule has 184 valence electrons. The predicted octanol–water partition coefficient (Wildman–Crippen LogP) is 2.88. The van der Waals surface area contributed by atoms with Crippen LogP contribution in [0, 0.1) is 0 Å². The van der Waals surface area contributed by atoms with E-state index in [1.807, 2.05) is 0 Å². The van der Waals surface area contributed by atoms with Gasteiger partial charge in [-0.25, -0.2) is 23.2 Å². The van der Waals surface area contributed by atoms with Gasteiger partial charge in [-0.15, -0.1) is 5.06 Å². The van der Waals surface area contributed by atoms with Crippen molar-refractivity contribution in [2.45, 2.75) is 50.7 Å². The van der Waals surface area contributed by atoms with E-state index in [2.05, 4.69) is 9.97 Å². The van der Waals surface area contributed by atoms with Crippen LogP contribution in [0.4, 0.5) is 16.3 Å². The summed E-state index contributed by atoms with van der Waals surface area (Å²) in [5.74, 6) is 0.278. The first-order chi connectivity index (χ1) is 16.0. The van der Waals surface area contributed by atoms with Crippen molar-refractivity contribution in [1.29, 1.82) is 0 Å². The fraction of sp³-hybridized carbons (Fsp3) is 0.455. The molecule has 0 aliphatic carbocycles. The van der Waals surface area contributed by atoms with Crippen molar-refractivity contribution >= 4 is 33.4 Å². The number of piperidine rings is 1. The van der Waals surface area contributed by atoms with Crippen LogP contribution in [-0.2, 0) is 24.2 Å². The summed E-state index contributed by atoms with van der Waals surface area (Å²) in [5, 5.41) is 1.54. The molecule has 0 atom stereocenters. The van der Waals surface area contributed by atoms with Crippen LogP contribution in [0.15, 0.2) is 41.6 Å². The minimum atomic E-state index is -3.36. The van der Waals surface area contributed by atoms with Crippen LogP contribution in [-0.4, -0.2) is 67.1 Å². The number of carbonyl (C=O) groups is 2. The average Bonchev–Trinajstić information content (AvgIpc) is 2.74. The van der Waals surface area contributed by atoms with Crippen LogP contribution < -0.4 is 9.64 Å². The topological polar surface area (TPSA) is 128 Å². The van der Waals surface area contributed by atoms with E-state index in [4.69, 9.17) is 14.3 Å². The van der Waals surface area contributed by atoms with Crippen LogP contribution >= 0.6 is 0 Å². The standard InChI is InChI=1S/C22H28N4O7S/c1-15(2)31-22(28)33-25-11-9-18(10-12-25)32-21-13-20(23-14-24-21)26(16(3)27)17-5-7-19(8-6-17)34(4,29)30/h5-8,13-15,18H,9-12H2,1-4H3. The van der Waals surface area contributed by atoms with Crippen LogP contribution in [0.5, 0.6) is 5.88 Å². The van der Waals surface area contributed by atoms with E-state index in [0.717, 1.165) is 6.26 Å². The third-order valence-electron chi connectivity index (χ3n) is 4.92. The molecule has 1 aromatic carbocycles. The maximum atomic E-state index is 12.4. The van der Waals surface area contributed by atoms with Crippen LogP contribution in [0.1, 0.15) is 33.6 Å². The Hall–Kier alpha value is -3.25. The molecule has 0 N–H and O–H groups in total. The van der Waals surface area contributed by atoms with E-state index in [1.165, 1.54) is 35.3 Å². The highest BCUT2D eigenvalue weighted by atomic mass is 32.2. The van der Waals surface area contributed by atoms with Gasteiger partial charge < -0.3 is 14.3 Å². The maximum absolute atomic E-state index is 12.4. The molecule has 34 heavy (non-hydrogen) atoms. The first kappa shape index (κ1) is 25.4. The number of sulfone groups is 1. The van der Waals surface area contributed by atoms with Gasteiger partial charge in [0.2, 0.25) is 11.8 Å². The van der Waals surface area contributed by atoms with Gasteiger partial charge >= 0.3 is 6.16 Å². The Morgan fingerprint density at radius 3 is 2.32 bits per heavy atom. The van der Waals surface area contributed by atoms with Gasteiger partial charge in [0.25, 0.3) is 0 Å². The molecule has 2 aromatic rings. The van der Waals surface area contributed by atoms with Crippen molar-refractivity contribution in [1.82, 2.24) is 15.0 Å². The zero-order chi connectivity index (χ0) is 24.9. The van der Waals surface area contributed by atoms with Crippen LogP contribution in [0.2, 0.25) is 0 Å². The van der Waals surface area contributed by atoms with E-state index >= 15 is 0 Å². The zero-order valence-electron chi connectivity index (χ0n) is 19.5. The van der Waals surface area contributed by atoms with E-state index < -0.39 is 16.0 Å². The SMILES string of the molecule is CC(=O)N(c1ccc(S(C)(=O)=O)cc1)c1cc(OC2CCN(OC(=O)OC(C)C)CC2)ncn1. The second kappa shape index (κ2) is 10.8. The Morgan fingerprint density at radius 2 is 1.76 bits per heavy atom. The highest BCUT2D eigenvalue weighted by Crippen LogP contribution is 2.28. The lowest BCUT2D eigenvalue weighted by Crippen LogP contribution is -2.40. The van der Waals surface area contributed by atoms with Crippen molar-refractivity contribution in [3.05, 3.63) is 36.7 Å². The molecule has 0 unspecified atom stereocenters. The summed E-state index contributed by atoms with van der Waals surface area (Å²) in [7, 11) is -3.36. The molecule has 0 saturated carbocycles. The van der Waals surface area contributed by atoms with Gasteiger partial charge in [0, 0.05) is 45.2 Å². The van der Waals surface area contributed by atoms with Crippen LogP contribution in [0.3, 0.4) is 0 Å². The number of anilines is 2. The molecule has 0 bridgehead atoms. The molecule has 3 rings (SSSR count). The number of amides is 1. The summed E-state index contributed by atoms with van der Waals surface area (Å²) < 4.78 is 34.4. The molecule has 1 aliphatic heterocycles. The fourth-order valence-electron chi connectivity index (χ4n) is 3.37. The van der Waals surface area contributed by atoms with Crippen molar-refractivity contribution in [2.24, 2.45) is 0 Å². The Balaban J connectivity index is 1.66. The molecule has 1 saturated heterocycles. The molecule has 0 radical (unpaired) electrons. The number of hydroxylamine groups is 2. The fourth-order valence-corrected chi connectivity index (χ4v) is 4.00. The molecule has 1 amide bonds. The maximum Gasteiger partial charge on any atom is 0.528 e. The Kier molecular flexibility index (Phi) is 8.05. The summed E-state index contributed by atoms with van der Waals surface area (Å²) in [6, 6.07) is 7.51. The largest absolute Gasteiger partial charge is 0.528 e. The first-order valence-electron chi connectivity index (χ1n) is 10.8. The zero-order valence-corrected chi connectivity index (χ0v) is 20.3. The molecule has 1 aromatic heterocycles. The van der Waals surface area contributed by atoms with Crippen molar-refractivity contribution in [3.8, 4) is 5.88 Å². The molecule has 1 fully saturated rings. The number of nitrogens with zero attached hydrogens (tertiary/aromatic N) is 4.